The van der Waals surface area contributed by atoms with Crippen LogP contribution < -0.4 is 9.47 Å². The molecule has 1 amide bonds. The number of ether oxygens (including phenoxy) is 3. The van der Waals surface area contributed by atoms with Crippen LogP contribution in [0, 0.1) is 6.92 Å². The molecule has 3 aromatic carbocycles. The Kier molecular flexibility index (Phi) is 9.36. The molecule has 8 nitrogen and oxygen atoms in total. The van der Waals surface area contributed by atoms with Crippen molar-refractivity contribution in [2.45, 2.75) is 19.6 Å². The second-order valence-electron chi connectivity index (χ2n) is 10.4. The van der Waals surface area contributed by atoms with Gasteiger partial charge in [-0.15, -0.1) is 0 Å². The molecule has 2 fully saturated rings. The Morgan fingerprint density at radius 3 is 2.31 bits per heavy atom. The van der Waals surface area contributed by atoms with E-state index in [4.69, 9.17) is 14.2 Å². The molecule has 8 heteroatoms. The van der Waals surface area contributed by atoms with Crippen molar-refractivity contribution < 1.29 is 28.9 Å². The highest BCUT2D eigenvalue weighted by molar-refractivity contribution is 6.46. The molecule has 42 heavy (non-hydrogen) atoms. The lowest BCUT2D eigenvalue weighted by molar-refractivity contribution is -0.140. The molecule has 0 bridgehead atoms. The summed E-state index contributed by atoms with van der Waals surface area (Å²) >= 11 is 0. The van der Waals surface area contributed by atoms with Crippen LogP contribution in [-0.4, -0.2) is 72.6 Å². The summed E-state index contributed by atoms with van der Waals surface area (Å²) in [7, 11) is 0. The SMILES string of the molecule is C=CCOc1ccc(C2C(=C(O)c3ccc(OCc4ccccc4C)cc3)C(=O)C(=O)N2CCN2CCOCC2)cc1. The van der Waals surface area contributed by atoms with Crippen LogP contribution in [0.2, 0.25) is 0 Å². The zero-order valence-electron chi connectivity index (χ0n) is 23.8. The number of ketones is 1. The summed E-state index contributed by atoms with van der Waals surface area (Å²) in [5.74, 6) is -0.270. The number of carbonyl (C=O) groups is 2. The van der Waals surface area contributed by atoms with Gasteiger partial charge in [0.2, 0.25) is 0 Å². The van der Waals surface area contributed by atoms with E-state index in [1.54, 1.807) is 47.4 Å². The summed E-state index contributed by atoms with van der Waals surface area (Å²) in [4.78, 5) is 30.5. The van der Waals surface area contributed by atoms with Gasteiger partial charge in [0.25, 0.3) is 11.7 Å². The third-order valence-electron chi connectivity index (χ3n) is 7.65. The zero-order chi connectivity index (χ0) is 29.5. The number of rotatable bonds is 11. The van der Waals surface area contributed by atoms with E-state index >= 15 is 0 Å². The van der Waals surface area contributed by atoms with Crippen molar-refractivity contribution in [1.82, 2.24) is 9.80 Å². The highest BCUT2D eigenvalue weighted by Gasteiger charge is 2.46. The van der Waals surface area contributed by atoms with E-state index in [0.29, 0.717) is 62.1 Å². The van der Waals surface area contributed by atoms with Gasteiger partial charge in [0.1, 0.15) is 30.5 Å². The number of morpholine rings is 1. The smallest absolute Gasteiger partial charge is 0.295 e. The number of Topliss-reactive ketones (excluding diaryl/α,β-unsaturated/α-hetero) is 1. The number of aliphatic hydroxyl groups is 1. The van der Waals surface area contributed by atoms with Crippen LogP contribution in [0.3, 0.4) is 0 Å². The van der Waals surface area contributed by atoms with Gasteiger partial charge in [0.15, 0.2) is 0 Å². The van der Waals surface area contributed by atoms with Gasteiger partial charge in [-0.3, -0.25) is 14.5 Å². The first-order valence-corrected chi connectivity index (χ1v) is 14.2. The molecular weight excluding hydrogens is 532 g/mol. The fourth-order valence-electron chi connectivity index (χ4n) is 5.23. The Balaban J connectivity index is 1.42. The first-order chi connectivity index (χ1) is 20.5. The van der Waals surface area contributed by atoms with Crippen molar-refractivity contribution in [1.29, 1.82) is 0 Å². The minimum Gasteiger partial charge on any atom is -0.507 e. The number of hydrogen-bond donors (Lipinski definition) is 1. The Hall–Kier alpha value is -4.40. The van der Waals surface area contributed by atoms with Crippen LogP contribution in [-0.2, 0) is 20.9 Å². The molecule has 0 aromatic heterocycles. The zero-order valence-corrected chi connectivity index (χ0v) is 23.8. The van der Waals surface area contributed by atoms with Crippen molar-refractivity contribution in [3.63, 3.8) is 0 Å². The van der Waals surface area contributed by atoms with Crippen LogP contribution in [0.15, 0.2) is 91.0 Å². The van der Waals surface area contributed by atoms with E-state index in [-0.39, 0.29) is 11.3 Å². The molecule has 0 aliphatic carbocycles. The minimum atomic E-state index is -0.739. The number of nitrogens with zero attached hydrogens (tertiary/aromatic N) is 2. The second-order valence-corrected chi connectivity index (χ2v) is 10.4. The Morgan fingerprint density at radius 1 is 0.952 bits per heavy atom. The van der Waals surface area contributed by atoms with Crippen LogP contribution in [0.5, 0.6) is 11.5 Å². The fourth-order valence-corrected chi connectivity index (χ4v) is 5.23. The number of benzene rings is 3. The normalized spacial score (nSPS) is 18.7. The summed E-state index contributed by atoms with van der Waals surface area (Å²) in [6.45, 7) is 10.2. The maximum Gasteiger partial charge on any atom is 0.295 e. The van der Waals surface area contributed by atoms with Gasteiger partial charge in [-0.05, 0) is 60.0 Å². The lowest BCUT2D eigenvalue weighted by Gasteiger charge is -2.31. The lowest BCUT2D eigenvalue weighted by atomic mass is 9.95. The Bertz CT molecular complexity index is 1440. The van der Waals surface area contributed by atoms with Gasteiger partial charge >= 0.3 is 0 Å². The summed E-state index contributed by atoms with van der Waals surface area (Å²) in [5, 5.41) is 11.5. The first kappa shape index (κ1) is 29.1. The maximum atomic E-state index is 13.4. The van der Waals surface area contributed by atoms with Gasteiger partial charge in [-0.2, -0.15) is 0 Å². The molecule has 2 aliphatic heterocycles. The van der Waals surface area contributed by atoms with Crippen LogP contribution in [0.1, 0.15) is 28.3 Å². The molecule has 0 spiro atoms. The first-order valence-electron chi connectivity index (χ1n) is 14.2. The standard InChI is InChI=1S/C34H36N2O6/c1-3-20-41-28-12-8-25(9-13-28)31-30(33(38)34(39)36(31)17-16-35-18-21-40-22-19-35)32(37)26-10-14-29(15-11-26)42-23-27-7-5-4-6-24(27)2/h3-15,31,37H,1,16-23H2,2H3. The third-order valence-corrected chi connectivity index (χ3v) is 7.65. The Labute approximate surface area is 246 Å². The second kappa shape index (κ2) is 13.5. The average Bonchev–Trinajstić information content (AvgIpc) is 3.28. The number of hydrogen-bond acceptors (Lipinski definition) is 7. The topological polar surface area (TPSA) is 88.5 Å². The van der Waals surface area contributed by atoms with Crippen LogP contribution in [0.25, 0.3) is 5.76 Å². The molecule has 5 rings (SSSR count). The van der Waals surface area contributed by atoms with Crippen molar-refractivity contribution in [2.24, 2.45) is 0 Å². The van der Waals surface area contributed by atoms with Gasteiger partial charge in [0, 0.05) is 31.7 Å². The van der Waals surface area contributed by atoms with E-state index in [9.17, 15) is 14.7 Å². The van der Waals surface area contributed by atoms with E-state index in [1.165, 1.54) is 0 Å². The lowest BCUT2D eigenvalue weighted by Crippen LogP contribution is -2.42. The summed E-state index contributed by atoms with van der Waals surface area (Å²) in [6, 6.07) is 21.4. The maximum absolute atomic E-state index is 13.4. The van der Waals surface area contributed by atoms with Crippen LogP contribution >= 0.6 is 0 Å². The Morgan fingerprint density at radius 2 is 1.62 bits per heavy atom. The number of carbonyl (C=O) groups excluding carboxylic acids is 2. The molecule has 1 atom stereocenters. The summed E-state index contributed by atoms with van der Waals surface area (Å²) in [5.41, 5.74) is 3.44. The monoisotopic (exact) mass is 568 g/mol. The van der Waals surface area contributed by atoms with Crippen molar-refractivity contribution in [3.05, 3.63) is 113 Å². The summed E-state index contributed by atoms with van der Waals surface area (Å²) in [6.07, 6.45) is 1.66. The molecule has 1 unspecified atom stereocenters. The molecule has 0 saturated carbocycles. The predicted octanol–water partition coefficient (Wildman–Crippen LogP) is 4.89. The molecule has 0 radical (unpaired) electrons. The minimum absolute atomic E-state index is 0.0651. The highest BCUT2D eigenvalue weighted by Crippen LogP contribution is 2.40. The predicted molar refractivity (Wildman–Crippen MR) is 160 cm³/mol. The molecule has 2 aliphatic rings. The van der Waals surface area contributed by atoms with E-state index in [2.05, 4.69) is 11.5 Å². The van der Waals surface area contributed by atoms with Crippen molar-refractivity contribution >= 4 is 17.4 Å². The third kappa shape index (κ3) is 6.56. The van der Waals surface area contributed by atoms with Gasteiger partial charge in [-0.1, -0.05) is 49.1 Å². The van der Waals surface area contributed by atoms with E-state index in [0.717, 1.165) is 24.2 Å². The molecule has 2 heterocycles. The van der Waals surface area contributed by atoms with Crippen LogP contribution in [0.4, 0.5) is 0 Å². The van der Waals surface area contributed by atoms with Crippen molar-refractivity contribution in [2.75, 3.05) is 46.0 Å². The molecular formula is C34H36N2O6. The number of likely N-dealkylation sites (tertiary alicyclic amines) is 1. The average molecular weight is 569 g/mol. The largest absolute Gasteiger partial charge is 0.507 e. The summed E-state index contributed by atoms with van der Waals surface area (Å²) < 4.78 is 17.0. The van der Waals surface area contributed by atoms with E-state index < -0.39 is 17.7 Å². The molecule has 1 N–H and O–H groups in total. The van der Waals surface area contributed by atoms with Gasteiger partial charge in [0.05, 0.1) is 24.8 Å². The molecule has 218 valence electrons. The number of amides is 1. The van der Waals surface area contributed by atoms with Gasteiger partial charge < -0.3 is 24.2 Å². The van der Waals surface area contributed by atoms with E-state index in [1.807, 2.05) is 43.3 Å². The highest BCUT2D eigenvalue weighted by atomic mass is 16.5. The number of aliphatic hydroxyl groups excluding tert-OH is 1. The molecule has 3 aromatic rings. The fraction of sp³-hybridized carbons (Fsp3) is 0.294. The molecule has 2 saturated heterocycles. The van der Waals surface area contributed by atoms with Gasteiger partial charge in [-0.25, -0.2) is 0 Å². The van der Waals surface area contributed by atoms with Crippen molar-refractivity contribution in [3.8, 4) is 11.5 Å². The quantitative estimate of drug-likeness (QED) is 0.152. The number of aryl methyl sites for hydroxylation is 1.